The van der Waals surface area contributed by atoms with Crippen LogP contribution < -0.4 is 10.2 Å². The van der Waals surface area contributed by atoms with Crippen LogP contribution in [-0.2, 0) is 0 Å². The van der Waals surface area contributed by atoms with Crippen LogP contribution in [0.4, 0.5) is 11.9 Å². The molecule has 0 aromatic carbocycles. The Morgan fingerprint density at radius 2 is 2.06 bits per heavy atom. The summed E-state index contributed by atoms with van der Waals surface area (Å²) in [5.41, 5.74) is 0. The van der Waals surface area contributed by atoms with Crippen LogP contribution in [0.5, 0.6) is 0 Å². The third-order valence-electron chi connectivity index (χ3n) is 3.52. The summed E-state index contributed by atoms with van der Waals surface area (Å²) in [5, 5.41) is 7.94. The average Bonchev–Trinajstić information content (AvgIpc) is 2.76. The third-order valence-corrected chi connectivity index (χ3v) is 3.52. The molecular formula is C11H19N5. The number of hydrogen-bond acceptors (Lipinski definition) is 4. The molecule has 5 heteroatoms. The van der Waals surface area contributed by atoms with Crippen LogP contribution in [0.25, 0.3) is 0 Å². The van der Waals surface area contributed by atoms with Crippen LogP contribution >= 0.6 is 0 Å². The molecule has 88 valence electrons. The number of nitrogens with zero attached hydrogens (tertiary/aromatic N) is 4. The Kier molecular flexibility index (Phi) is 2.46. The second-order valence-electron chi connectivity index (χ2n) is 4.79. The smallest absolute Gasteiger partial charge is 0.246 e. The lowest BCUT2D eigenvalue weighted by Gasteiger charge is -2.25. The van der Waals surface area contributed by atoms with E-state index < -0.39 is 0 Å². The van der Waals surface area contributed by atoms with Crippen molar-refractivity contribution in [2.75, 3.05) is 29.9 Å². The minimum Gasteiger partial charge on any atom is -0.354 e. The van der Waals surface area contributed by atoms with Gasteiger partial charge in [-0.2, -0.15) is 4.98 Å². The van der Waals surface area contributed by atoms with Gasteiger partial charge in [0.15, 0.2) is 0 Å². The summed E-state index contributed by atoms with van der Waals surface area (Å²) in [7, 11) is 0. The maximum Gasteiger partial charge on any atom is 0.246 e. The van der Waals surface area contributed by atoms with Crippen LogP contribution in [0, 0.1) is 0 Å². The van der Waals surface area contributed by atoms with Crippen molar-refractivity contribution < 1.29 is 0 Å². The average molecular weight is 221 g/mol. The molecule has 5 nitrogen and oxygen atoms in total. The minimum atomic E-state index is 0.474. The first-order valence-electron chi connectivity index (χ1n) is 6.30. The first-order chi connectivity index (χ1) is 7.84. The van der Waals surface area contributed by atoms with Gasteiger partial charge in [0.05, 0.1) is 6.04 Å². The van der Waals surface area contributed by atoms with Crippen molar-refractivity contribution in [1.82, 2.24) is 14.8 Å². The van der Waals surface area contributed by atoms with Gasteiger partial charge in [-0.1, -0.05) is 0 Å². The Morgan fingerprint density at radius 1 is 1.25 bits per heavy atom. The largest absolute Gasteiger partial charge is 0.354 e. The SMILES string of the molecule is CC1CCNc2nc(N3CCCCC3)nn21. The number of piperidine rings is 1. The second-order valence-corrected chi connectivity index (χ2v) is 4.79. The standard InChI is InChI=1S/C11H19N5/c1-9-5-6-12-10-13-11(14-16(9)10)15-7-3-2-4-8-15/h9H,2-8H2,1H3,(H,12,13,14). The highest BCUT2D eigenvalue weighted by Crippen LogP contribution is 2.25. The second kappa shape index (κ2) is 3.96. The van der Waals surface area contributed by atoms with Gasteiger partial charge in [0.1, 0.15) is 0 Å². The van der Waals surface area contributed by atoms with Gasteiger partial charge >= 0.3 is 0 Å². The molecule has 16 heavy (non-hydrogen) atoms. The number of nitrogens with one attached hydrogen (secondary N) is 1. The van der Waals surface area contributed by atoms with Crippen LogP contribution in [0.1, 0.15) is 38.6 Å². The number of hydrogen-bond donors (Lipinski definition) is 1. The van der Waals surface area contributed by atoms with Gasteiger partial charge in [0, 0.05) is 19.6 Å². The molecule has 2 aliphatic heterocycles. The van der Waals surface area contributed by atoms with E-state index in [9.17, 15) is 0 Å². The van der Waals surface area contributed by atoms with Crippen molar-refractivity contribution in [3.05, 3.63) is 0 Å². The quantitative estimate of drug-likeness (QED) is 0.783. The molecule has 0 amide bonds. The fourth-order valence-corrected chi connectivity index (χ4v) is 2.48. The van der Waals surface area contributed by atoms with Gasteiger partial charge in [-0.05, 0) is 32.6 Å². The minimum absolute atomic E-state index is 0.474. The molecule has 0 bridgehead atoms. The van der Waals surface area contributed by atoms with E-state index in [0.29, 0.717) is 6.04 Å². The lowest BCUT2D eigenvalue weighted by atomic mass is 10.1. The van der Waals surface area contributed by atoms with Crippen molar-refractivity contribution in [2.24, 2.45) is 0 Å². The van der Waals surface area contributed by atoms with Crippen LogP contribution in [-0.4, -0.2) is 34.4 Å². The molecule has 0 radical (unpaired) electrons. The van der Waals surface area contributed by atoms with Gasteiger partial charge in [-0.3, -0.25) is 0 Å². The molecule has 3 rings (SSSR count). The number of anilines is 2. The van der Waals surface area contributed by atoms with Crippen molar-refractivity contribution in [3.63, 3.8) is 0 Å². The van der Waals surface area contributed by atoms with E-state index in [1.807, 2.05) is 4.68 Å². The highest BCUT2D eigenvalue weighted by atomic mass is 15.5. The molecule has 1 fully saturated rings. The first kappa shape index (κ1) is 9.93. The summed E-state index contributed by atoms with van der Waals surface area (Å²) >= 11 is 0. The monoisotopic (exact) mass is 221 g/mol. The Morgan fingerprint density at radius 3 is 2.81 bits per heavy atom. The van der Waals surface area contributed by atoms with Gasteiger partial charge in [-0.15, -0.1) is 5.10 Å². The molecular weight excluding hydrogens is 202 g/mol. The molecule has 0 spiro atoms. The van der Waals surface area contributed by atoms with E-state index >= 15 is 0 Å². The summed E-state index contributed by atoms with van der Waals surface area (Å²) in [6.07, 6.45) is 5.02. The van der Waals surface area contributed by atoms with Gasteiger partial charge < -0.3 is 10.2 Å². The van der Waals surface area contributed by atoms with Crippen molar-refractivity contribution in [2.45, 2.75) is 38.6 Å². The normalized spacial score (nSPS) is 25.1. The summed E-state index contributed by atoms with van der Waals surface area (Å²) < 4.78 is 2.04. The number of rotatable bonds is 1. The summed E-state index contributed by atoms with van der Waals surface area (Å²) in [5.74, 6) is 1.86. The molecule has 1 atom stereocenters. The van der Waals surface area contributed by atoms with Gasteiger partial charge in [0.2, 0.25) is 11.9 Å². The van der Waals surface area contributed by atoms with Crippen molar-refractivity contribution in [1.29, 1.82) is 0 Å². The maximum atomic E-state index is 4.62. The summed E-state index contributed by atoms with van der Waals surface area (Å²) in [6.45, 7) is 5.44. The zero-order valence-electron chi connectivity index (χ0n) is 9.82. The predicted molar refractivity (Wildman–Crippen MR) is 63.9 cm³/mol. The molecule has 1 aromatic heterocycles. The van der Waals surface area contributed by atoms with Crippen molar-refractivity contribution >= 4 is 11.9 Å². The Hall–Kier alpha value is -1.26. The van der Waals surface area contributed by atoms with E-state index in [1.165, 1.54) is 19.3 Å². The fourth-order valence-electron chi connectivity index (χ4n) is 2.48. The maximum absolute atomic E-state index is 4.62. The lowest BCUT2D eigenvalue weighted by molar-refractivity contribution is 0.449. The Balaban J connectivity index is 1.85. The van der Waals surface area contributed by atoms with E-state index in [2.05, 4.69) is 27.2 Å². The first-order valence-corrected chi connectivity index (χ1v) is 6.30. The van der Waals surface area contributed by atoms with Gasteiger partial charge in [0.25, 0.3) is 0 Å². The molecule has 3 heterocycles. The molecule has 0 aliphatic carbocycles. The van der Waals surface area contributed by atoms with E-state index in [4.69, 9.17) is 0 Å². The number of fused-ring (bicyclic) bond motifs is 1. The topological polar surface area (TPSA) is 46.0 Å². The summed E-state index contributed by atoms with van der Waals surface area (Å²) in [4.78, 5) is 6.90. The fraction of sp³-hybridized carbons (Fsp3) is 0.818. The zero-order chi connectivity index (χ0) is 11.0. The lowest BCUT2D eigenvalue weighted by Crippen LogP contribution is -2.30. The van der Waals surface area contributed by atoms with Crippen LogP contribution in [0.2, 0.25) is 0 Å². The molecule has 0 saturated carbocycles. The predicted octanol–water partition coefficient (Wildman–Crippen LogP) is 1.65. The van der Waals surface area contributed by atoms with Crippen LogP contribution in [0.3, 0.4) is 0 Å². The molecule has 1 aromatic rings. The van der Waals surface area contributed by atoms with Gasteiger partial charge in [-0.25, -0.2) is 4.68 Å². The highest BCUT2D eigenvalue weighted by Gasteiger charge is 2.22. The zero-order valence-corrected chi connectivity index (χ0v) is 9.82. The van der Waals surface area contributed by atoms with E-state index in [0.717, 1.165) is 38.0 Å². The number of aromatic nitrogens is 3. The van der Waals surface area contributed by atoms with E-state index in [1.54, 1.807) is 0 Å². The van der Waals surface area contributed by atoms with Crippen molar-refractivity contribution in [3.8, 4) is 0 Å². The molecule has 1 N–H and O–H groups in total. The molecule has 2 aliphatic rings. The highest BCUT2D eigenvalue weighted by molar-refractivity contribution is 5.39. The molecule has 1 saturated heterocycles. The summed E-state index contributed by atoms with van der Waals surface area (Å²) in [6, 6.07) is 0.474. The third kappa shape index (κ3) is 1.64. The Labute approximate surface area is 95.8 Å². The van der Waals surface area contributed by atoms with E-state index in [-0.39, 0.29) is 0 Å². The Bertz CT molecular complexity index is 366. The molecule has 1 unspecified atom stereocenters. The van der Waals surface area contributed by atoms with Crippen LogP contribution in [0.15, 0.2) is 0 Å².